The SMILES string of the molecule is Cc1ccc(NC(=O)c2cc(NC3CC3)nc(C)n2)c(Br)c1. The van der Waals surface area contributed by atoms with Gasteiger partial charge in [0.2, 0.25) is 0 Å². The Morgan fingerprint density at radius 2 is 2.00 bits per heavy atom. The molecule has 114 valence electrons. The summed E-state index contributed by atoms with van der Waals surface area (Å²) in [6.45, 7) is 3.79. The molecule has 1 amide bonds. The number of anilines is 2. The fourth-order valence-electron chi connectivity index (χ4n) is 2.10. The number of amides is 1. The number of aryl methyl sites for hydroxylation is 2. The van der Waals surface area contributed by atoms with Gasteiger partial charge >= 0.3 is 0 Å². The van der Waals surface area contributed by atoms with Crippen LogP contribution in [0, 0.1) is 13.8 Å². The topological polar surface area (TPSA) is 66.9 Å². The molecular weight excluding hydrogens is 344 g/mol. The summed E-state index contributed by atoms with van der Waals surface area (Å²) in [5.74, 6) is 1.05. The normalized spacial score (nSPS) is 13.8. The van der Waals surface area contributed by atoms with Gasteiger partial charge < -0.3 is 10.6 Å². The summed E-state index contributed by atoms with van der Waals surface area (Å²) >= 11 is 3.46. The van der Waals surface area contributed by atoms with E-state index in [1.807, 2.05) is 25.1 Å². The van der Waals surface area contributed by atoms with E-state index in [9.17, 15) is 4.79 Å². The monoisotopic (exact) mass is 360 g/mol. The van der Waals surface area contributed by atoms with Crippen LogP contribution in [0.5, 0.6) is 0 Å². The van der Waals surface area contributed by atoms with Crippen LogP contribution in [0.3, 0.4) is 0 Å². The van der Waals surface area contributed by atoms with Crippen LogP contribution in [0.4, 0.5) is 11.5 Å². The van der Waals surface area contributed by atoms with Crippen molar-refractivity contribution in [1.29, 1.82) is 0 Å². The molecule has 0 aliphatic heterocycles. The predicted molar refractivity (Wildman–Crippen MR) is 90.2 cm³/mol. The van der Waals surface area contributed by atoms with E-state index >= 15 is 0 Å². The van der Waals surface area contributed by atoms with E-state index in [0.717, 1.165) is 28.6 Å². The van der Waals surface area contributed by atoms with Crippen molar-refractivity contribution in [2.75, 3.05) is 10.6 Å². The number of benzene rings is 1. The molecule has 1 aromatic heterocycles. The van der Waals surface area contributed by atoms with Crippen LogP contribution in [-0.4, -0.2) is 21.9 Å². The second-order valence-corrected chi connectivity index (χ2v) is 6.40. The quantitative estimate of drug-likeness (QED) is 0.872. The van der Waals surface area contributed by atoms with Crippen LogP contribution >= 0.6 is 15.9 Å². The number of carbonyl (C=O) groups is 1. The third-order valence-corrected chi connectivity index (χ3v) is 4.03. The Labute approximate surface area is 137 Å². The highest BCUT2D eigenvalue weighted by atomic mass is 79.9. The maximum atomic E-state index is 12.4. The summed E-state index contributed by atoms with van der Waals surface area (Å²) in [4.78, 5) is 21.0. The van der Waals surface area contributed by atoms with Crippen molar-refractivity contribution < 1.29 is 4.79 Å². The second-order valence-electron chi connectivity index (χ2n) is 5.54. The van der Waals surface area contributed by atoms with Gasteiger partial charge in [0.1, 0.15) is 17.3 Å². The minimum atomic E-state index is -0.242. The third kappa shape index (κ3) is 3.62. The molecule has 1 saturated carbocycles. The van der Waals surface area contributed by atoms with Crippen molar-refractivity contribution in [3.63, 3.8) is 0 Å². The molecule has 0 spiro atoms. The minimum absolute atomic E-state index is 0.242. The van der Waals surface area contributed by atoms with Crippen LogP contribution < -0.4 is 10.6 Å². The van der Waals surface area contributed by atoms with Gasteiger partial charge in [-0.3, -0.25) is 4.79 Å². The van der Waals surface area contributed by atoms with Gasteiger partial charge in [0.25, 0.3) is 5.91 Å². The fourth-order valence-corrected chi connectivity index (χ4v) is 2.69. The summed E-state index contributed by atoms with van der Waals surface area (Å²) in [7, 11) is 0. The minimum Gasteiger partial charge on any atom is -0.367 e. The summed E-state index contributed by atoms with van der Waals surface area (Å²) < 4.78 is 0.850. The Kier molecular flexibility index (Phi) is 4.11. The van der Waals surface area contributed by atoms with E-state index in [1.54, 1.807) is 13.0 Å². The first-order chi connectivity index (χ1) is 10.5. The van der Waals surface area contributed by atoms with Crippen molar-refractivity contribution in [3.8, 4) is 0 Å². The van der Waals surface area contributed by atoms with E-state index in [4.69, 9.17) is 0 Å². The number of hydrogen-bond donors (Lipinski definition) is 2. The number of aromatic nitrogens is 2. The maximum absolute atomic E-state index is 12.4. The molecule has 1 heterocycles. The van der Waals surface area contributed by atoms with Crippen molar-refractivity contribution in [1.82, 2.24) is 9.97 Å². The first-order valence-electron chi connectivity index (χ1n) is 7.21. The molecule has 1 aliphatic carbocycles. The average Bonchev–Trinajstić information content (AvgIpc) is 3.25. The van der Waals surface area contributed by atoms with Gasteiger partial charge in [-0.05, 0) is 60.3 Å². The molecule has 6 heteroatoms. The zero-order valence-corrected chi connectivity index (χ0v) is 14.1. The molecule has 0 bridgehead atoms. The average molecular weight is 361 g/mol. The molecule has 0 saturated heterocycles. The molecule has 0 atom stereocenters. The third-order valence-electron chi connectivity index (χ3n) is 3.37. The Morgan fingerprint density at radius 1 is 1.23 bits per heavy atom. The van der Waals surface area contributed by atoms with Crippen LogP contribution in [-0.2, 0) is 0 Å². The lowest BCUT2D eigenvalue weighted by Gasteiger charge is -2.10. The highest BCUT2D eigenvalue weighted by Crippen LogP contribution is 2.25. The van der Waals surface area contributed by atoms with Crippen LogP contribution in [0.25, 0.3) is 0 Å². The molecule has 0 radical (unpaired) electrons. The largest absolute Gasteiger partial charge is 0.367 e. The summed E-state index contributed by atoms with van der Waals surface area (Å²) in [6, 6.07) is 7.96. The van der Waals surface area contributed by atoms with E-state index in [1.165, 1.54) is 0 Å². The Morgan fingerprint density at radius 3 is 2.68 bits per heavy atom. The lowest BCUT2D eigenvalue weighted by atomic mass is 10.2. The summed E-state index contributed by atoms with van der Waals surface area (Å²) in [5, 5.41) is 6.17. The molecule has 1 aliphatic rings. The fraction of sp³-hybridized carbons (Fsp3) is 0.312. The van der Waals surface area contributed by atoms with Crippen molar-refractivity contribution in [3.05, 3.63) is 45.8 Å². The number of rotatable bonds is 4. The van der Waals surface area contributed by atoms with Gasteiger partial charge in [0, 0.05) is 16.6 Å². The molecule has 1 fully saturated rings. The Bertz CT molecular complexity index is 728. The van der Waals surface area contributed by atoms with Crippen molar-refractivity contribution in [2.45, 2.75) is 32.7 Å². The van der Waals surface area contributed by atoms with E-state index in [2.05, 4.69) is 36.5 Å². The standard InChI is InChI=1S/C16H17BrN4O/c1-9-3-6-13(12(17)7-9)21-16(22)14-8-15(19-10(2)18-14)20-11-4-5-11/h3,6-8,11H,4-5H2,1-2H3,(H,21,22)(H,18,19,20). The molecule has 5 nitrogen and oxygen atoms in total. The van der Waals surface area contributed by atoms with Gasteiger partial charge in [-0.15, -0.1) is 0 Å². The molecule has 2 N–H and O–H groups in total. The molecule has 22 heavy (non-hydrogen) atoms. The number of carbonyl (C=O) groups excluding carboxylic acids is 1. The zero-order chi connectivity index (χ0) is 15.7. The highest BCUT2D eigenvalue weighted by molar-refractivity contribution is 9.10. The first kappa shape index (κ1) is 15.0. The number of nitrogens with zero attached hydrogens (tertiary/aromatic N) is 2. The van der Waals surface area contributed by atoms with Gasteiger partial charge in [-0.2, -0.15) is 0 Å². The smallest absolute Gasteiger partial charge is 0.274 e. The van der Waals surface area contributed by atoms with E-state index in [0.29, 0.717) is 23.4 Å². The summed E-state index contributed by atoms with van der Waals surface area (Å²) in [6.07, 6.45) is 2.31. The molecule has 3 rings (SSSR count). The molecule has 0 unspecified atom stereocenters. The Hall–Kier alpha value is -1.95. The van der Waals surface area contributed by atoms with Crippen LogP contribution in [0.2, 0.25) is 0 Å². The summed E-state index contributed by atoms with van der Waals surface area (Å²) in [5.41, 5.74) is 2.21. The van der Waals surface area contributed by atoms with Gasteiger partial charge in [0.15, 0.2) is 0 Å². The number of hydrogen-bond acceptors (Lipinski definition) is 4. The molecule has 1 aromatic carbocycles. The lowest BCUT2D eigenvalue weighted by molar-refractivity contribution is 0.102. The van der Waals surface area contributed by atoms with Gasteiger partial charge in [-0.1, -0.05) is 6.07 Å². The second kappa shape index (κ2) is 6.04. The van der Waals surface area contributed by atoms with Crippen LogP contribution in [0.15, 0.2) is 28.7 Å². The predicted octanol–water partition coefficient (Wildman–Crippen LogP) is 3.68. The van der Waals surface area contributed by atoms with E-state index < -0.39 is 0 Å². The van der Waals surface area contributed by atoms with Crippen LogP contribution in [0.1, 0.15) is 34.7 Å². The number of nitrogens with one attached hydrogen (secondary N) is 2. The lowest BCUT2D eigenvalue weighted by Crippen LogP contribution is -2.16. The molecule has 2 aromatic rings. The van der Waals surface area contributed by atoms with Crippen molar-refractivity contribution in [2.24, 2.45) is 0 Å². The number of halogens is 1. The zero-order valence-electron chi connectivity index (χ0n) is 12.5. The van der Waals surface area contributed by atoms with E-state index in [-0.39, 0.29) is 5.91 Å². The van der Waals surface area contributed by atoms with Crippen molar-refractivity contribution >= 4 is 33.3 Å². The Balaban J connectivity index is 1.80. The highest BCUT2D eigenvalue weighted by Gasteiger charge is 2.22. The first-order valence-corrected chi connectivity index (χ1v) is 8.00. The maximum Gasteiger partial charge on any atom is 0.274 e. The molecular formula is C16H17BrN4O. The van der Waals surface area contributed by atoms with Gasteiger partial charge in [0.05, 0.1) is 5.69 Å². The van der Waals surface area contributed by atoms with Gasteiger partial charge in [-0.25, -0.2) is 9.97 Å².